The number of benzene rings is 2. The second kappa shape index (κ2) is 9.51. The first kappa shape index (κ1) is 23.2. The van der Waals surface area contributed by atoms with Gasteiger partial charge in [-0.15, -0.1) is 0 Å². The molecule has 0 saturated carbocycles. The molecule has 2 amide bonds. The lowest BCUT2D eigenvalue weighted by molar-refractivity contribution is -0.125. The predicted octanol–water partition coefficient (Wildman–Crippen LogP) is 5.58. The highest BCUT2D eigenvalue weighted by atomic mass is 32.2. The van der Waals surface area contributed by atoms with Crippen LogP contribution in [-0.4, -0.2) is 39.0 Å². The fraction of sp³-hybridized carbons (Fsp3) is 0.385. The Morgan fingerprint density at radius 2 is 1.79 bits per heavy atom. The highest BCUT2D eigenvalue weighted by molar-refractivity contribution is 8.15. The summed E-state index contributed by atoms with van der Waals surface area (Å²) in [6.45, 7) is 10.2. The number of carbonyl (C=O) groups excluding carboxylic acids is 2. The average Bonchev–Trinajstić information content (AvgIpc) is 3.15. The van der Waals surface area contributed by atoms with Gasteiger partial charge in [-0.25, -0.2) is 9.89 Å². The Morgan fingerprint density at radius 3 is 2.42 bits per heavy atom. The Bertz CT molecular complexity index is 1120. The van der Waals surface area contributed by atoms with Crippen LogP contribution >= 0.6 is 11.8 Å². The first-order chi connectivity index (χ1) is 15.8. The van der Waals surface area contributed by atoms with Gasteiger partial charge in [0, 0.05) is 11.3 Å². The van der Waals surface area contributed by atoms with Crippen LogP contribution < -0.4 is 5.32 Å². The molecule has 2 aromatic carbocycles. The molecule has 6 nitrogen and oxygen atoms in total. The first-order valence-corrected chi connectivity index (χ1v) is 12.4. The number of anilines is 1. The van der Waals surface area contributed by atoms with Crippen molar-refractivity contribution >= 4 is 46.0 Å². The van der Waals surface area contributed by atoms with E-state index < -0.39 is 11.3 Å². The number of hydrogen-bond acceptors (Lipinski definition) is 5. The van der Waals surface area contributed by atoms with Crippen molar-refractivity contribution in [3.05, 3.63) is 59.7 Å². The molecule has 7 heteroatoms. The van der Waals surface area contributed by atoms with Gasteiger partial charge < -0.3 is 5.32 Å². The number of fused-ring (bicyclic) bond motifs is 3. The highest BCUT2D eigenvalue weighted by Gasteiger charge is 2.43. The molecular formula is C26H30N4O2S. The van der Waals surface area contributed by atoms with E-state index in [2.05, 4.69) is 19.2 Å². The molecule has 1 N–H and O–H groups in total. The van der Waals surface area contributed by atoms with Gasteiger partial charge in [-0.1, -0.05) is 70.6 Å². The molecule has 0 saturated heterocycles. The van der Waals surface area contributed by atoms with Crippen molar-refractivity contribution in [1.29, 1.82) is 0 Å². The number of amidine groups is 2. The summed E-state index contributed by atoms with van der Waals surface area (Å²) in [5.74, 6) is 0.955. The van der Waals surface area contributed by atoms with Crippen molar-refractivity contribution in [3.63, 3.8) is 0 Å². The quantitative estimate of drug-likeness (QED) is 0.609. The van der Waals surface area contributed by atoms with E-state index in [1.807, 2.05) is 69.3 Å². The lowest BCUT2D eigenvalue weighted by atomic mass is 10.0. The Morgan fingerprint density at radius 1 is 1.09 bits per heavy atom. The van der Waals surface area contributed by atoms with Crippen LogP contribution in [0.5, 0.6) is 0 Å². The summed E-state index contributed by atoms with van der Waals surface area (Å²) in [6, 6.07) is 15.2. The van der Waals surface area contributed by atoms with Crippen LogP contribution in [0.1, 0.15) is 58.1 Å². The molecule has 4 rings (SSSR count). The number of nitrogens with one attached hydrogen (secondary N) is 1. The second-order valence-electron chi connectivity index (χ2n) is 9.01. The van der Waals surface area contributed by atoms with E-state index in [-0.39, 0.29) is 17.7 Å². The zero-order valence-corrected chi connectivity index (χ0v) is 20.5. The normalized spacial score (nSPS) is 18.1. The minimum absolute atomic E-state index is 0.0769. The fourth-order valence-corrected chi connectivity index (χ4v) is 4.93. The third kappa shape index (κ3) is 4.60. The Balaban J connectivity index is 1.58. The van der Waals surface area contributed by atoms with E-state index in [1.165, 1.54) is 17.3 Å². The number of para-hydroxylation sites is 1. The summed E-state index contributed by atoms with van der Waals surface area (Å²) < 4.78 is 0. The largest absolute Gasteiger partial charge is 0.325 e. The van der Waals surface area contributed by atoms with E-state index in [9.17, 15) is 9.59 Å². The van der Waals surface area contributed by atoms with E-state index in [0.717, 1.165) is 16.9 Å². The molecule has 0 aromatic heterocycles. The SMILES string of the molecule is CCC(SC1=Nc2ccccc2C2=NC(C(C)C)C(=O)N12)C(=O)Nc1ccc(C(C)C)cc1. The number of rotatable bonds is 6. The van der Waals surface area contributed by atoms with Crippen molar-refractivity contribution in [2.45, 2.75) is 58.2 Å². The van der Waals surface area contributed by atoms with E-state index >= 15 is 0 Å². The molecule has 2 aliphatic rings. The zero-order valence-electron chi connectivity index (χ0n) is 19.7. The lowest BCUT2D eigenvalue weighted by Gasteiger charge is -2.27. The number of hydrogen-bond donors (Lipinski definition) is 1. The molecule has 33 heavy (non-hydrogen) atoms. The summed E-state index contributed by atoms with van der Waals surface area (Å²) in [5.41, 5.74) is 3.61. The van der Waals surface area contributed by atoms with Gasteiger partial charge in [0.15, 0.2) is 5.17 Å². The maximum absolute atomic E-state index is 13.2. The summed E-state index contributed by atoms with van der Waals surface area (Å²) in [4.78, 5) is 37.5. The minimum Gasteiger partial charge on any atom is -0.325 e. The molecule has 2 unspecified atom stereocenters. The summed E-state index contributed by atoms with van der Waals surface area (Å²) in [5, 5.41) is 3.13. The van der Waals surface area contributed by atoms with Crippen molar-refractivity contribution in [2.75, 3.05) is 5.32 Å². The van der Waals surface area contributed by atoms with E-state index in [0.29, 0.717) is 23.3 Å². The van der Waals surface area contributed by atoms with Crippen LogP contribution in [0.3, 0.4) is 0 Å². The molecule has 2 heterocycles. The molecule has 2 aromatic rings. The fourth-order valence-electron chi connectivity index (χ4n) is 3.91. The number of amides is 2. The van der Waals surface area contributed by atoms with Gasteiger partial charge in [-0.2, -0.15) is 0 Å². The van der Waals surface area contributed by atoms with Crippen LogP contribution in [0.2, 0.25) is 0 Å². The molecule has 2 atom stereocenters. The molecule has 172 valence electrons. The van der Waals surface area contributed by atoms with Gasteiger partial charge in [0.25, 0.3) is 5.91 Å². The topological polar surface area (TPSA) is 74.1 Å². The Hall–Kier alpha value is -2.93. The molecule has 0 fully saturated rings. The van der Waals surface area contributed by atoms with E-state index in [4.69, 9.17) is 9.98 Å². The Kier molecular flexibility index (Phi) is 6.70. The van der Waals surface area contributed by atoms with Gasteiger partial charge in [0.2, 0.25) is 5.91 Å². The van der Waals surface area contributed by atoms with Crippen molar-refractivity contribution in [2.24, 2.45) is 15.9 Å². The molecule has 2 aliphatic heterocycles. The molecule has 0 aliphatic carbocycles. The monoisotopic (exact) mass is 462 g/mol. The highest BCUT2D eigenvalue weighted by Crippen LogP contribution is 2.36. The molecule has 0 bridgehead atoms. The van der Waals surface area contributed by atoms with E-state index in [1.54, 1.807) is 4.90 Å². The van der Waals surface area contributed by atoms with Gasteiger partial charge in [0.05, 0.1) is 10.9 Å². The number of nitrogens with zero attached hydrogens (tertiary/aromatic N) is 3. The van der Waals surface area contributed by atoms with Gasteiger partial charge >= 0.3 is 0 Å². The summed E-state index contributed by atoms with van der Waals surface area (Å²) in [6.07, 6.45) is 0.601. The molecule has 0 spiro atoms. The number of carbonyl (C=O) groups is 2. The van der Waals surface area contributed by atoms with Crippen LogP contribution in [0, 0.1) is 5.92 Å². The summed E-state index contributed by atoms with van der Waals surface area (Å²) >= 11 is 1.32. The summed E-state index contributed by atoms with van der Waals surface area (Å²) in [7, 11) is 0. The van der Waals surface area contributed by atoms with Crippen LogP contribution in [0.25, 0.3) is 0 Å². The molecular weight excluding hydrogens is 432 g/mol. The number of thioether (sulfide) groups is 1. The third-order valence-corrected chi connectivity index (χ3v) is 7.20. The van der Waals surface area contributed by atoms with Crippen LogP contribution in [0.4, 0.5) is 11.4 Å². The van der Waals surface area contributed by atoms with Crippen molar-refractivity contribution < 1.29 is 9.59 Å². The standard InChI is InChI=1S/C26H30N4O2S/c1-6-21(24(31)27-18-13-11-17(12-14-18)15(2)3)33-26-28-20-10-8-7-9-19(20)23-29-22(16(4)5)25(32)30(23)26/h7-16,21-22H,6H2,1-5H3,(H,27,31). The average molecular weight is 463 g/mol. The maximum Gasteiger partial charge on any atom is 0.259 e. The predicted molar refractivity (Wildman–Crippen MR) is 136 cm³/mol. The maximum atomic E-state index is 13.2. The number of aliphatic imine (C=N–C) groups is 2. The van der Waals surface area contributed by atoms with Gasteiger partial charge in [-0.3, -0.25) is 14.6 Å². The lowest BCUT2D eigenvalue weighted by Crippen LogP contribution is -2.43. The Labute approximate surface area is 199 Å². The van der Waals surface area contributed by atoms with Gasteiger partial charge in [0.1, 0.15) is 11.9 Å². The third-order valence-electron chi connectivity index (χ3n) is 5.89. The minimum atomic E-state index is -0.440. The van der Waals surface area contributed by atoms with Crippen LogP contribution in [-0.2, 0) is 9.59 Å². The van der Waals surface area contributed by atoms with Crippen LogP contribution in [0.15, 0.2) is 58.5 Å². The van der Waals surface area contributed by atoms with Crippen molar-refractivity contribution in [1.82, 2.24) is 4.90 Å². The zero-order chi connectivity index (χ0) is 23.7. The first-order valence-electron chi connectivity index (χ1n) is 11.5. The molecule has 0 radical (unpaired) electrons. The smallest absolute Gasteiger partial charge is 0.259 e. The van der Waals surface area contributed by atoms with Gasteiger partial charge in [-0.05, 0) is 48.1 Å². The second-order valence-corrected chi connectivity index (χ2v) is 10.2. The van der Waals surface area contributed by atoms with Crippen molar-refractivity contribution in [3.8, 4) is 0 Å².